The van der Waals surface area contributed by atoms with Gasteiger partial charge in [0.25, 0.3) is 0 Å². The van der Waals surface area contributed by atoms with Gasteiger partial charge in [0.15, 0.2) is 5.03 Å². The number of rotatable bonds is 3. The van der Waals surface area contributed by atoms with E-state index in [9.17, 15) is 23.3 Å². The van der Waals surface area contributed by atoms with Gasteiger partial charge in [-0.15, -0.1) is 0 Å². The zero-order valence-corrected chi connectivity index (χ0v) is 5.96. The van der Waals surface area contributed by atoms with Crippen LogP contribution in [-0.2, 0) is 14.7 Å². The number of hydrogen-bond donors (Lipinski definition) is 2. The predicted octanol–water partition coefficient (Wildman–Crippen LogP) is -1.11. The van der Waals surface area contributed by atoms with E-state index >= 15 is 0 Å². The van der Waals surface area contributed by atoms with Gasteiger partial charge >= 0.3 is 16.5 Å². The summed E-state index contributed by atoms with van der Waals surface area (Å²) in [6.07, 6.45) is -2.29. The molecule has 0 fully saturated rings. The van der Waals surface area contributed by atoms with Crippen molar-refractivity contribution in [1.82, 2.24) is 5.17 Å². The zero-order valence-electron chi connectivity index (χ0n) is 5.15. The summed E-state index contributed by atoms with van der Waals surface area (Å²) in [5, 5.41) is 14.7. The molecule has 0 rings (SSSR count). The van der Waals surface area contributed by atoms with Crippen LogP contribution >= 0.6 is 0 Å². The highest BCUT2D eigenvalue weighted by atomic mass is 32.3. The second kappa shape index (κ2) is 3.29. The number of nitro groups is 1. The average molecular weight is 202 g/mol. The third-order valence-corrected chi connectivity index (χ3v) is 0.806. The summed E-state index contributed by atoms with van der Waals surface area (Å²) in [5.41, 5.74) is 0. The number of hydrogen-bond acceptors (Lipinski definition) is 6. The first-order valence-corrected chi connectivity index (χ1v) is 3.45. The maximum absolute atomic E-state index is 9.80. The first kappa shape index (κ1) is 10.5. The van der Waals surface area contributed by atoms with E-state index in [1.165, 1.54) is 0 Å². The van der Waals surface area contributed by atoms with Crippen LogP contribution < -0.4 is 0 Å². The van der Waals surface area contributed by atoms with E-state index in [-0.39, 0.29) is 0 Å². The molecule has 0 aliphatic rings. The molecule has 0 radical (unpaired) electrons. The van der Waals surface area contributed by atoms with Gasteiger partial charge in [0.2, 0.25) is 0 Å². The van der Waals surface area contributed by atoms with Crippen LogP contribution in [0.4, 0.5) is 4.79 Å². The Morgan fingerprint density at radius 2 is 2.00 bits per heavy atom. The standard InChI is InChI=1S/CH2N2O8S/c4-1(5)2(3(6)7)11-12(8,9)10/h(H,4,5)(H,8,9,10). The molecular weight excluding hydrogens is 200 g/mol. The van der Waals surface area contributed by atoms with E-state index < -0.39 is 26.7 Å². The Labute approximate surface area is 65.0 Å². The minimum absolute atomic E-state index is 1.16. The molecular formula is CH2N2O8S. The molecule has 0 bridgehead atoms. The van der Waals surface area contributed by atoms with Crippen molar-refractivity contribution in [2.24, 2.45) is 0 Å². The molecule has 0 unspecified atom stereocenters. The van der Waals surface area contributed by atoms with Gasteiger partial charge in [-0.05, 0) is 0 Å². The minimum Gasteiger partial charge on any atom is -0.459 e. The van der Waals surface area contributed by atoms with Gasteiger partial charge in [0, 0.05) is 0 Å². The zero-order chi connectivity index (χ0) is 9.94. The molecule has 0 aliphatic heterocycles. The molecule has 0 aromatic carbocycles. The number of nitrogens with zero attached hydrogens (tertiary/aromatic N) is 2. The summed E-state index contributed by atoms with van der Waals surface area (Å²) in [7, 11) is -5.21. The fourth-order valence-electron chi connectivity index (χ4n) is 0.218. The fraction of sp³-hybridized carbons (Fsp3) is 0. The molecule has 70 valence electrons. The van der Waals surface area contributed by atoms with Crippen molar-refractivity contribution in [1.29, 1.82) is 0 Å². The van der Waals surface area contributed by atoms with Gasteiger partial charge in [-0.2, -0.15) is 8.42 Å². The molecule has 12 heavy (non-hydrogen) atoms. The Hall–Kier alpha value is -1.46. The maximum Gasteiger partial charge on any atom is 0.496 e. The van der Waals surface area contributed by atoms with Gasteiger partial charge in [0.05, 0.1) is 0 Å². The summed E-state index contributed by atoms with van der Waals surface area (Å²) in [4.78, 5) is 19.5. The Balaban J connectivity index is 4.58. The SMILES string of the molecule is O=C(O)N(OS(=O)(=O)O)[N+](=O)[O-]. The largest absolute Gasteiger partial charge is 0.496 e. The normalized spacial score (nSPS) is 10.8. The molecule has 11 heteroatoms. The topological polar surface area (TPSA) is 147 Å². The number of carboxylic acid groups (broad SMARTS) is 1. The lowest BCUT2D eigenvalue weighted by Crippen LogP contribution is -2.36. The van der Waals surface area contributed by atoms with Crippen LogP contribution in [-0.4, -0.2) is 34.4 Å². The van der Waals surface area contributed by atoms with Crippen molar-refractivity contribution in [2.75, 3.05) is 0 Å². The van der Waals surface area contributed by atoms with Crippen LogP contribution in [0.3, 0.4) is 0 Å². The second-order valence-corrected chi connectivity index (χ2v) is 2.30. The lowest BCUT2D eigenvalue weighted by Gasteiger charge is -2.02. The number of amides is 1. The summed E-state index contributed by atoms with van der Waals surface area (Å²) >= 11 is 0. The smallest absolute Gasteiger partial charge is 0.459 e. The highest BCUT2D eigenvalue weighted by Gasteiger charge is 2.31. The Morgan fingerprint density at radius 1 is 1.58 bits per heavy atom. The molecule has 0 aliphatic carbocycles. The molecule has 0 atom stereocenters. The lowest BCUT2D eigenvalue weighted by atomic mass is 11.2. The molecule has 0 aromatic heterocycles. The highest BCUT2D eigenvalue weighted by Crippen LogP contribution is 1.96. The van der Waals surface area contributed by atoms with Crippen LogP contribution in [0.2, 0.25) is 0 Å². The second-order valence-electron chi connectivity index (χ2n) is 1.30. The van der Waals surface area contributed by atoms with Crippen molar-refractivity contribution < 1.29 is 32.2 Å². The molecule has 10 nitrogen and oxygen atoms in total. The molecule has 0 saturated heterocycles. The first-order chi connectivity index (χ1) is 5.24. The first-order valence-electron chi connectivity index (χ1n) is 2.08. The van der Waals surface area contributed by atoms with E-state index in [0.717, 1.165) is 0 Å². The van der Waals surface area contributed by atoms with Crippen molar-refractivity contribution in [3.8, 4) is 0 Å². The van der Waals surface area contributed by atoms with Gasteiger partial charge in [-0.1, -0.05) is 4.28 Å². The maximum atomic E-state index is 9.80. The third-order valence-electron chi connectivity index (χ3n) is 0.477. The van der Waals surface area contributed by atoms with Crippen molar-refractivity contribution in [3.05, 3.63) is 10.1 Å². The highest BCUT2D eigenvalue weighted by molar-refractivity contribution is 7.80. The Kier molecular flexibility index (Phi) is 2.89. The van der Waals surface area contributed by atoms with Crippen LogP contribution in [0, 0.1) is 10.1 Å². The van der Waals surface area contributed by atoms with Crippen molar-refractivity contribution in [3.63, 3.8) is 0 Å². The van der Waals surface area contributed by atoms with Crippen molar-refractivity contribution >= 4 is 16.5 Å². The minimum atomic E-state index is -5.21. The lowest BCUT2D eigenvalue weighted by molar-refractivity contribution is -0.695. The molecule has 0 spiro atoms. The quantitative estimate of drug-likeness (QED) is 0.332. The number of hydrazine groups is 1. The predicted molar refractivity (Wildman–Crippen MR) is 29.5 cm³/mol. The van der Waals surface area contributed by atoms with Crippen LogP contribution in [0.1, 0.15) is 0 Å². The number of carbonyl (C=O) groups is 1. The summed E-state index contributed by atoms with van der Waals surface area (Å²) in [6.45, 7) is 0. The van der Waals surface area contributed by atoms with E-state index in [1.54, 1.807) is 0 Å². The van der Waals surface area contributed by atoms with E-state index in [4.69, 9.17) is 9.66 Å². The van der Waals surface area contributed by atoms with E-state index in [0.29, 0.717) is 0 Å². The number of hydroxylamine groups is 1. The molecule has 2 N–H and O–H groups in total. The summed E-state index contributed by atoms with van der Waals surface area (Å²) in [5.74, 6) is 0. The van der Waals surface area contributed by atoms with E-state index in [2.05, 4.69) is 4.28 Å². The van der Waals surface area contributed by atoms with Gasteiger partial charge in [-0.3, -0.25) is 4.55 Å². The molecule has 0 heterocycles. The molecule has 1 amide bonds. The molecule has 0 aromatic rings. The van der Waals surface area contributed by atoms with Gasteiger partial charge < -0.3 is 5.11 Å². The Morgan fingerprint density at radius 3 is 2.08 bits per heavy atom. The average Bonchev–Trinajstić information content (AvgIpc) is 1.79. The Bertz CT molecular complexity index is 276. The van der Waals surface area contributed by atoms with Crippen LogP contribution in [0.25, 0.3) is 0 Å². The summed E-state index contributed by atoms with van der Waals surface area (Å²) in [6, 6.07) is 0. The monoisotopic (exact) mass is 202 g/mol. The van der Waals surface area contributed by atoms with Crippen LogP contribution in [0.15, 0.2) is 0 Å². The van der Waals surface area contributed by atoms with E-state index in [1.807, 2.05) is 0 Å². The third kappa shape index (κ3) is 3.65. The fourth-order valence-corrected chi connectivity index (χ4v) is 0.515. The van der Waals surface area contributed by atoms with Crippen LogP contribution in [0.5, 0.6) is 0 Å². The summed E-state index contributed by atoms with van der Waals surface area (Å²) < 4.78 is 30.4. The molecule has 0 saturated carbocycles. The van der Waals surface area contributed by atoms with Gasteiger partial charge in [-0.25, -0.2) is 14.9 Å². The van der Waals surface area contributed by atoms with Gasteiger partial charge in [0.1, 0.15) is 5.17 Å². The van der Waals surface area contributed by atoms with Crippen molar-refractivity contribution in [2.45, 2.75) is 0 Å².